The number of H-pyrrole nitrogens is 1. The molecule has 1 aliphatic heterocycles. The lowest BCUT2D eigenvalue weighted by molar-refractivity contribution is 0.0944. The molecular weight excluding hydrogens is 238 g/mol. The van der Waals surface area contributed by atoms with Gasteiger partial charge in [0.2, 0.25) is 0 Å². The van der Waals surface area contributed by atoms with Crippen molar-refractivity contribution in [3.8, 4) is 0 Å². The van der Waals surface area contributed by atoms with Crippen molar-refractivity contribution >= 4 is 17.7 Å². The number of nitrogens with zero attached hydrogens (tertiary/aromatic N) is 1. The molecule has 0 aliphatic carbocycles. The van der Waals surface area contributed by atoms with Crippen LogP contribution < -0.4 is 10.9 Å². The van der Waals surface area contributed by atoms with Gasteiger partial charge in [-0.3, -0.25) is 9.59 Å². The zero-order valence-electron chi connectivity index (χ0n) is 9.66. The summed E-state index contributed by atoms with van der Waals surface area (Å²) in [6, 6.07) is 2.73. The molecule has 1 amide bonds. The molecule has 2 heterocycles. The lowest BCUT2D eigenvalue weighted by Crippen LogP contribution is -2.37. The van der Waals surface area contributed by atoms with Gasteiger partial charge in [-0.2, -0.15) is 16.9 Å². The molecule has 1 atom stereocenters. The number of hydrogen-bond donors (Lipinski definition) is 2. The van der Waals surface area contributed by atoms with E-state index in [1.165, 1.54) is 18.6 Å². The third kappa shape index (κ3) is 3.09. The second-order valence-electron chi connectivity index (χ2n) is 4.39. The second kappa shape index (κ2) is 4.91. The predicted molar refractivity (Wildman–Crippen MR) is 67.3 cm³/mol. The number of nitrogens with one attached hydrogen (secondary N) is 2. The van der Waals surface area contributed by atoms with Gasteiger partial charge in [-0.25, -0.2) is 5.10 Å². The van der Waals surface area contributed by atoms with Crippen LogP contribution >= 0.6 is 11.8 Å². The van der Waals surface area contributed by atoms with Crippen molar-refractivity contribution in [3.05, 3.63) is 28.2 Å². The van der Waals surface area contributed by atoms with Crippen molar-refractivity contribution < 1.29 is 4.79 Å². The largest absolute Gasteiger partial charge is 0.349 e. The smallest absolute Gasteiger partial charge is 0.271 e. The molecule has 17 heavy (non-hydrogen) atoms. The standard InChI is InChI=1S/C11H15N3O2S/c1-11(5-2-6-17-11)7-12-10(16)8-3-4-9(15)14-13-8/h3-4H,2,5-7H2,1H3,(H,12,16)(H,14,15). The summed E-state index contributed by atoms with van der Waals surface area (Å²) in [5, 5.41) is 8.79. The molecule has 1 aromatic rings. The minimum atomic E-state index is -0.306. The first-order valence-electron chi connectivity index (χ1n) is 5.57. The Morgan fingerprint density at radius 1 is 1.65 bits per heavy atom. The summed E-state index contributed by atoms with van der Waals surface area (Å²) in [6.45, 7) is 2.79. The minimum absolute atomic E-state index is 0.137. The molecule has 2 rings (SSSR count). The third-order valence-corrected chi connectivity index (χ3v) is 4.37. The van der Waals surface area contributed by atoms with Gasteiger partial charge in [0, 0.05) is 17.4 Å². The fourth-order valence-corrected chi connectivity index (χ4v) is 3.05. The minimum Gasteiger partial charge on any atom is -0.349 e. The van der Waals surface area contributed by atoms with Gasteiger partial charge in [0.15, 0.2) is 0 Å². The first-order chi connectivity index (χ1) is 8.09. The number of rotatable bonds is 3. The van der Waals surface area contributed by atoms with Gasteiger partial charge in [-0.15, -0.1) is 0 Å². The SMILES string of the molecule is CC1(CNC(=O)c2ccc(=O)[nH]n2)CCCS1. The number of aromatic nitrogens is 2. The fraction of sp³-hybridized carbons (Fsp3) is 0.545. The molecule has 0 bridgehead atoms. The van der Waals surface area contributed by atoms with Gasteiger partial charge in [-0.05, 0) is 31.6 Å². The van der Waals surface area contributed by atoms with E-state index in [2.05, 4.69) is 22.4 Å². The van der Waals surface area contributed by atoms with E-state index in [-0.39, 0.29) is 21.9 Å². The van der Waals surface area contributed by atoms with Crippen LogP contribution in [0.1, 0.15) is 30.3 Å². The monoisotopic (exact) mass is 253 g/mol. The average molecular weight is 253 g/mol. The number of aromatic amines is 1. The summed E-state index contributed by atoms with van der Waals surface area (Å²) >= 11 is 1.89. The van der Waals surface area contributed by atoms with Crippen molar-refractivity contribution in [1.82, 2.24) is 15.5 Å². The van der Waals surface area contributed by atoms with Crippen molar-refractivity contribution in [3.63, 3.8) is 0 Å². The van der Waals surface area contributed by atoms with Gasteiger partial charge < -0.3 is 5.32 Å². The van der Waals surface area contributed by atoms with Crippen molar-refractivity contribution in [2.24, 2.45) is 0 Å². The van der Waals surface area contributed by atoms with Crippen LogP contribution in [0.2, 0.25) is 0 Å². The van der Waals surface area contributed by atoms with Crippen LogP contribution in [0.25, 0.3) is 0 Å². The van der Waals surface area contributed by atoms with E-state index < -0.39 is 0 Å². The Morgan fingerprint density at radius 2 is 2.47 bits per heavy atom. The molecule has 0 saturated carbocycles. The Labute approximate surface area is 103 Å². The second-order valence-corrected chi connectivity index (χ2v) is 6.07. The van der Waals surface area contributed by atoms with Crippen molar-refractivity contribution in [2.45, 2.75) is 24.5 Å². The van der Waals surface area contributed by atoms with Crippen LogP contribution in [-0.2, 0) is 0 Å². The molecule has 0 aromatic carbocycles. The maximum absolute atomic E-state index is 11.7. The van der Waals surface area contributed by atoms with E-state index in [4.69, 9.17) is 0 Å². The maximum atomic E-state index is 11.7. The molecule has 1 saturated heterocycles. The van der Waals surface area contributed by atoms with Gasteiger partial charge >= 0.3 is 0 Å². The predicted octanol–water partition coefficient (Wildman–Crippen LogP) is 0.785. The fourth-order valence-electron chi connectivity index (χ4n) is 1.81. The summed E-state index contributed by atoms with van der Waals surface area (Å²) in [5.41, 5.74) is -0.0592. The Morgan fingerprint density at radius 3 is 3.06 bits per heavy atom. The molecule has 1 unspecified atom stereocenters. The lowest BCUT2D eigenvalue weighted by atomic mass is 10.1. The third-order valence-electron chi connectivity index (χ3n) is 2.84. The van der Waals surface area contributed by atoms with E-state index in [9.17, 15) is 9.59 Å². The molecule has 1 aliphatic rings. The zero-order chi connectivity index (χ0) is 12.3. The first kappa shape index (κ1) is 12.2. The van der Waals surface area contributed by atoms with Crippen LogP contribution in [0.3, 0.4) is 0 Å². The van der Waals surface area contributed by atoms with Crippen molar-refractivity contribution in [1.29, 1.82) is 0 Å². The molecule has 6 heteroatoms. The Hall–Kier alpha value is -1.30. The summed E-state index contributed by atoms with van der Waals surface area (Å²) in [5.74, 6) is 0.915. The van der Waals surface area contributed by atoms with E-state index >= 15 is 0 Å². The quantitative estimate of drug-likeness (QED) is 0.835. The van der Waals surface area contributed by atoms with Crippen molar-refractivity contribution in [2.75, 3.05) is 12.3 Å². The van der Waals surface area contributed by atoms with Gasteiger partial charge in [0.05, 0.1) is 0 Å². The first-order valence-corrected chi connectivity index (χ1v) is 6.56. The molecule has 0 radical (unpaired) electrons. The number of thioether (sulfide) groups is 1. The van der Waals surface area contributed by atoms with Crippen LogP contribution in [0.5, 0.6) is 0 Å². The highest BCUT2D eigenvalue weighted by Crippen LogP contribution is 2.36. The molecular formula is C11H15N3O2S. The summed E-state index contributed by atoms with van der Waals surface area (Å²) in [7, 11) is 0. The summed E-state index contributed by atoms with van der Waals surface area (Å²) in [4.78, 5) is 22.6. The van der Waals surface area contributed by atoms with E-state index in [0.717, 1.165) is 12.2 Å². The Bertz CT molecular complexity index is 446. The topological polar surface area (TPSA) is 74.8 Å². The Kier molecular flexibility index (Phi) is 3.51. The number of carbonyl (C=O) groups is 1. The van der Waals surface area contributed by atoms with Crippen LogP contribution in [0.4, 0.5) is 0 Å². The highest BCUT2D eigenvalue weighted by atomic mass is 32.2. The van der Waals surface area contributed by atoms with Gasteiger partial charge in [-0.1, -0.05) is 0 Å². The average Bonchev–Trinajstić information content (AvgIpc) is 2.75. The van der Waals surface area contributed by atoms with Gasteiger partial charge in [0.1, 0.15) is 5.69 Å². The van der Waals surface area contributed by atoms with Crippen LogP contribution in [-0.4, -0.2) is 33.1 Å². The van der Waals surface area contributed by atoms with Crippen LogP contribution in [0, 0.1) is 0 Å². The summed E-state index contributed by atoms with van der Waals surface area (Å²) in [6.07, 6.45) is 2.32. The Balaban J connectivity index is 1.93. The molecule has 1 aromatic heterocycles. The van der Waals surface area contributed by atoms with E-state index in [1.54, 1.807) is 0 Å². The number of carbonyl (C=O) groups excluding carboxylic acids is 1. The zero-order valence-corrected chi connectivity index (χ0v) is 10.5. The number of amides is 1. The van der Waals surface area contributed by atoms with E-state index in [1.807, 2.05) is 11.8 Å². The van der Waals surface area contributed by atoms with Crippen LogP contribution in [0.15, 0.2) is 16.9 Å². The highest BCUT2D eigenvalue weighted by molar-refractivity contribution is 8.00. The molecule has 92 valence electrons. The normalized spacial score (nSPS) is 23.6. The maximum Gasteiger partial charge on any atom is 0.271 e. The highest BCUT2D eigenvalue weighted by Gasteiger charge is 2.29. The molecule has 2 N–H and O–H groups in total. The number of hydrogen-bond acceptors (Lipinski definition) is 4. The van der Waals surface area contributed by atoms with E-state index in [0.29, 0.717) is 6.54 Å². The lowest BCUT2D eigenvalue weighted by Gasteiger charge is -2.22. The summed E-state index contributed by atoms with van der Waals surface area (Å²) < 4.78 is 0.137. The molecule has 5 nitrogen and oxygen atoms in total. The molecule has 1 fully saturated rings. The molecule has 0 spiro atoms. The van der Waals surface area contributed by atoms with Gasteiger partial charge in [0.25, 0.3) is 11.5 Å².